The van der Waals surface area contributed by atoms with Crippen molar-refractivity contribution in [2.45, 2.75) is 97.4 Å². The predicted octanol–water partition coefficient (Wildman–Crippen LogP) is 8.29. The summed E-state index contributed by atoms with van der Waals surface area (Å²) < 4.78 is 0. The molecule has 0 aromatic heterocycles. The number of rotatable bonds is 15. The number of hydrogen-bond donors (Lipinski definition) is 1. The molecule has 0 aliphatic carbocycles. The Kier molecular flexibility index (Phi) is 11.2. The van der Waals surface area contributed by atoms with Crippen molar-refractivity contribution in [2.24, 2.45) is 5.73 Å². The second kappa shape index (κ2) is 13.6. The number of anilines is 1. The quantitative estimate of drug-likeness (QED) is 0.313. The van der Waals surface area contributed by atoms with E-state index in [-0.39, 0.29) is 5.54 Å². The Morgan fingerprint density at radius 2 is 1.03 bits per heavy atom. The van der Waals surface area contributed by atoms with E-state index >= 15 is 0 Å². The van der Waals surface area contributed by atoms with Crippen LogP contribution in [0.1, 0.15) is 97.5 Å². The highest BCUT2D eigenvalue weighted by atomic mass is 15.1. The maximum atomic E-state index is 6.91. The van der Waals surface area contributed by atoms with Crippen molar-refractivity contribution in [3.05, 3.63) is 54.1 Å². The van der Waals surface area contributed by atoms with Gasteiger partial charge in [-0.1, -0.05) is 103 Å². The van der Waals surface area contributed by atoms with Crippen LogP contribution in [0.4, 0.5) is 5.69 Å². The second-order valence-corrected chi connectivity index (χ2v) is 9.18. The van der Waals surface area contributed by atoms with E-state index < -0.39 is 0 Å². The zero-order valence-electron chi connectivity index (χ0n) is 20.6. The number of unbranched alkanes of at least 4 members (excludes halogenated alkanes) is 4. The Morgan fingerprint density at radius 3 is 1.45 bits per heavy atom. The average molecular weight is 423 g/mol. The number of nitrogens with zero attached hydrogens (tertiary/aromatic N) is 1. The Balaban J connectivity index is 2.15. The summed E-state index contributed by atoms with van der Waals surface area (Å²) in [6.07, 6.45) is 11.9. The summed E-state index contributed by atoms with van der Waals surface area (Å²) in [4.78, 5) is 2.55. The van der Waals surface area contributed by atoms with E-state index in [1.807, 2.05) is 0 Å². The predicted molar refractivity (Wildman–Crippen MR) is 139 cm³/mol. The minimum atomic E-state index is -0.187. The highest BCUT2D eigenvalue weighted by molar-refractivity contribution is 5.66. The molecule has 0 fully saturated rings. The van der Waals surface area contributed by atoms with Crippen LogP contribution in [0.3, 0.4) is 0 Å². The SMILES string of the molecule is CCCCN(CCCC)c1ccc(-c2ccc(C(N)(CCCC)CCCC)cc2)cc1. The lowest BCUT2D eigenvalue weighted by atomic mass is 9.81. The van der Waals surface area contributed by atoms with Gasteiger partial charge in [0.05, 0.1) is 0 Å². The molecule has 2 N–H and O–H groups in total. The third-order valence-electron chi connectivity index (χ3n) is 6.54. The van der Waals surface area contributed by atoms with Crippen molar-refractivity contribution in [1.29, 1.82) is 0 Å². The third kappa shape index (κ3) is 7.68. The molecular formula is C29H46N2. The third-order valence-corrected chi connectivity index (χ3v) is 6.54. The van der Waals surface area contributed by atoms with Crippen molar-refractivity contribution in [1.82, 2.24) is 0 Å². The lowest BCUT2D eigenvalue weighted by molar-refractivity contribution is 0.354. The average Bonchev–Trinajstić information content (AvgIpc) is 2.82. The van der Waals surface area contributed by atoms with E-state index in [4.69, 9.17) is 5.73 Å². The van der Waals surface area contributed by atoms with Gasteiger partial charge in [0, 0.05) is 24.3 Å². The Labute approximate surface area is 192 Å². The van der Waals surface area contributed by atoms with Gasteiger partial charge >= 0.3 is 0 Å². The van der Waals surface area contributed by atoms with Crippen molar-refractivity contribution in [3.63, 3.8) is 0 Å². The minimum absolute atomic E-state index is 0.187. The van der Waals surface area contributed by atoms with Gasteiger partial charge in [-0.3, -0.25) is 0 Å². The van der Waals surface area contributed by atoms with E-state index in [1.54, 1.807) is 0 Å². The van der Waals surface area contributed by atoms with Crippen LogP contribution in [0.15, 0.2) is 48.5 Å². The van der Waals surface area contributed by atoms with Crippen LogP contribution in [0, 0.1) is 0 Å². The summed E-state index contributed by atoms with van der Waals surface area (Å²) in [5.74, 6) is 0. The highest BCUT2D eigenvalue weighted by Crippen LogP contribution is 2.32. The number of hydrogen-bond acceptors (Lipinski definition) is 2. The van der Waals surface area contributed by atoms with Crippen LogP contribution in [-0.2, 0) is 5.54 Å². The van der Waals surface area contributed by atoms with Crippen molar-refractivity contribution in [3.8, 4) is 11.1 Å². The summed E-state index contributed by atoms with van der Waals surface area (Å²) in [6.45, 7) is 11.3. The minimum Gasteiger partial charge on any atom is -0.372 e. The molecule has 0 saturated heterocycles. The van der Waals surface area contributed by atoms with Crippen LogP contribution in [0.2, 0.25) is 0 Å². The van der Waals surface area contributed by atoms with Gasteiger partial charge in [0.2, 0.25) is 0 Å². The zero-order valence-corrected chi connectivity index (χ0v) is 20.6. The molecule has 0 heterocycles. The molecule has 2 heteroatoms. The largest absolute Gasteiger partial charge is 0.372 e. The van der Waals surface area contributed by atoms with Gasteiger partial charge in [0.1, 0.15) is 0 Å². The lowest BCUT2D eigenvalue weighted by Crippen LogP contribution is -2.36. The van der Waals surface area contributed by atoms with E-state index in [2.05, 4.69) is 81.1 Å². The second-order valence-electron chi connectivity index (χ2n) is 9.18. The Bertz CT molecular complexity index is 701. The van der Waals surface area contributed by atoms with Crippen LogP contribution >= 0.6 is 0 Å². The molecule has 2 aromatic rings. The van der Waals surface area contributed by atoms with Gasteiger partial charge in [0.25, 0.3) is 0 Å². The first-order valence-corrected chi connectivity index (χ1v) is 12.8. The first-order chi connectivity index (χ1) is 15.1. The van der Waals surface area contributed by atoms with Gasteiger partial charge < -0.3 is 10.6 Å². The molecule has 0 amide bonds. The maximum Gasteiger partial charge on any atom is 0.0409 e. The summed E-state index contributed by atoms with van der Waals surface area (Å²) in [5.41, 5.74) is 11.9. The summed E-state index contributed by atoms with van der Waals surface area (Å²) in [7, 11) is 0. The molecule has 0 bridgehead atoms. The fraction of sp³-hybridized carbons (Fsp3) is 0.586. The van der Waals surface area contributed by atoms with E-state index in [9.17, 15) is 0 Å². The molecule has 31 heavy (non-hydrogen) atoms. The molecular weight excluding hydrogens is 376 g/mol. The monoisotopic (exact) mass is 422 g/mol. The lowest BCUT2D eigenvalue weighted by Gasteiger charge is -2.30. The number of nitrogens with two attached hydrogens (primary N) is 1. The summed E-state index contributed by atoms with van der Waals surface area (Å²) in [6, 6.07) is 18.2. The molecule has 0 saturated carbocycles. The number of benzene rings is 2. The van der Waals surface area contributed by atoms with E-state index in [1.165, 1.54) is 73.7 Å². The first kappa shape index (κ1) is 25.5. The van der Waals surface area contributed by atoms with Crippen LogP contribution < -0.4 is 10.6 Å². The van der Waals surface area contributed by atoms with Crippen molar-refractivity contribution < 1.29 is 0 Å². The van der Waals surface area contributed by atoms with Crippen molar-refractivity contribution in [2.75, 3.05) is 18.0 Å². The molecule has 2 aromatic carbocycles. The molecule has 0 radical (unpaired) electrons. The zero-order chi connectivity index (χ0) is 22.5. The Hall–Kier alpha value is -1.80. The van der Waals surface area contributed by atoms with Crippen LogP contribution in [0.25, 0.3) is 11.1 Å². The molecule has 2 rings (SSSR count). The first-order valence-electron chi connectivity index (χ1n) is 12.8. The highest BCUT2D eigenvalue weighted by Gasteiger charge is 2.25. The normalized spacial score (nSPS) is 11.6. The van der Waals surface area contributed by atoms with Crippen LogP contribution in [0.5, 0.6) is 0 Å². The molecule has 0 aliphatic heterocycles. The summed E-state index contributed by atoms with van der Waals surface area (Å²) >= 11 is 0. The Morgan fingerprint density at radius 1 is 0.613 bits per heavy atom. The van der Waals surface area contributed by atoms with Gasteiger partial charge in [0.15, 0.2) is 0 Å². The molecule has 0 atom stereocenters. The topological polar surface area (TPSA) is 29.3 Å². The van der Waals surface area contributed by atoms with Gasteiger partial charge in [-0.25, -0.2) is 0 Å². The van der Waals surface area contributed by atoms with Crippen molar-refractivity contribution >= 4 is 5.69 Å². The van der Waals surface area contributed by atoms with E-state index in [0.29, 0.717) is 0 Å². The fourth-order valence-electron chi connectivity index (χ4n) is 4.33. The molecule has 0 spiro atoms. The van der Waals surface area contributed by atoms with E-state index in [0.717, 1.165) is 25.9 Å². The van der Waals surface area contributed by atoms with Crippen LogP contribution in [-0.4, -0.2) is 13.1 Å². The van der Waals surface area contributed by atoms with Gasteiger partial charge in [-0.2, -0.15) is 0 Å². The van der Waals surface area contributed by atoms with Gasteiger partial charge in [-0.05, 0) is 54.5 Å². The standard InChI is InChI=1S/C29H46N2/c1-5-9-21-29(30,22-10-6-2)27-17-13-25(14-18-27)26-15-19-28(20-16-26)31(23-11-7-3)24-12-8-4/h13-20H,5-12,21-24,30H2,1-4H3. The fourth-order valence-corrected chi connectivity index (χ4v) is 4.33. The van der Waals surface area contributed by atoms with Gasteiger partial charge in [-0.15, -0.1) is 0 Å². The molecule has 2 nitrogen and oxygen atoms in total. The maximum absolute atomic E-state index is 6.91. The molecule has 0 aliphatic rings. The summed E-state index contributed by atoms with van der Waals surface area (Å²) in [5, 5.41) is 0. The molecule has 0 unspecified atom stereocenters. The smallest absolute Gasteiger partial charge is 0.0409 e. The molecule has 172 valence electrons.